The zero-order valence-corrected chi connectivity index (χ0v) is 31.6. The van der Waals surface area contributed by atoms with Crippen LogP contribution in [0.5, 0.6) is 0 Å². The van der Waals surface area contributed by atoms with Crippen molar-refractivity contribution in [1.82, 2.24) is 14.3 Å². The summed E-state index contributed by atoms with van der Waals surface area (Å²) < 4.78 is 38.1. The summed E-state index contributed by atoms with van der Waals surface area (Å²) in [5.74, 6) is -0.552. The molecule has 0 atom stereocenters. The molecule has 0 unspecified atom stereocenters. The average Bonchev–Trinajstić information content (AvgIpc) is 3.45. The number of nitrogens with two attached hydrogens (primary N) is 2. The minimum atomic E-state index is -0.636. The summed E-state index contributed by atoms with van der Waals surface area (Å²) in [6, 6.07) is 20.6. The Hall–Kier alpha value is -4.97. The molecule has 0 aliphatic rings. The van der Waals surface area contributed by atoms with E-state index in [2.05, 4.69) is 21.1 Å². The highest BCUT2D eigenvalue weighted by Crippen LogP contribution is 2.31. The van der Waals surface area contributed by atoms with Crippen LogP contribution in [0.3, 0.4) is 0 Å². The maximum atomic E-state index is 14.2. The molecule has 7 aromatic rings. The highest BCUT2D eigenvalue weighted by molar-refractivity contribution is 9.10. The fourth-order valence-electron chi connectivity index (χ4n) is 6.27. The molecule has 0 amide bonds. The number of halogens is 5. The quantitative estimate of drug-likeness (QED) is 0.167. The van der Waals surface area contributed by atoms with E-state index >= 15 is 0 Å². The van der Waals surface area contributed by atoms with Crippen molar-refractivity contribution < 1.29 is 13.3 Å². The zero-order valence-electron chi connectivity index (χ0n) is 28.5. The van der Waals surface area contributed by atoms with Gasteiger partial charge in [0.15, 0.2) is 22.5 Å². The predicted octanol–water partition coefficient (Wildman–Crippen LogP) is 9.50. The Kier molecular flexibility index (Phi) is 10.3. The number of benzene rings is 4. The first kappa shape index (κ1) is 36.8. The molecule has 8 nitrogen and oxygen atoms in total. The molecule has 0 bridgehead atoms. The van der Waals surface area contributed by atoms with Gasteiger partial charge in [0.05, 0.1) is 38.1 Å². The van der Waals surface area contributed by atoms with E-state index in [-0.39, 0.29) is 32.3 Å². The predicted molar refractivity (Wildman–Crippen MR) is 208 cm³/mol. The molecule has 266 valence electrons. The van der Waals surface area contributed by atoms with E-state index in [1.54, 1.807) is 36.4 Å². The van der Waals surface area contributed by atoms with Crippen molar-refractivity contribution in [1.29, 1.82) is 0 Å². The van der Waals surface area contributed by atoms with Crippen LogP contribution in [-0.4, -0.2) is 14.3 Å². The minimum absolute atomic E-state index is 0.00418. The third-order valence-corrected chi connectivity index (χ3v) is 10.1. The van der Waals surface area contributed by atoms with Gasteiger partial charge in [-0.3, -0.25) is 9.59 Å². The lowest BCUT2D eigenvalue weighted by Gasteiger charge is -2.17. The van der Waals surface area contributed by atoms with Crippen molar-refractivity contribution in [2.24, 2.45) is 0 Å². The first-order chi connectivity index (χ1) is 24.7. The van der Waals surface area contributed by atoms with E-state index in [0.29, 0.717) is 40.7 Å². The van der Waals surface area contributed by atoms with Crippen molar-refractivity contribution >= 4 is 72.3 Å². The number of pyridine rings is 2. The lowest BCUT2D eigenvalue weighted by Crippen LogP contribution is -2.14. The second-order valence-electron chi connectivity index (χ2n) is 12.4. The second kappa shape index (κ2) is 14.6. The summed E-state index contributed by atoms with van der Waals surface area (Å²) in [6.07, 6.45) is 0. The standard InChI is InChI=1S/C22H19ClFN3O2.C17H13BrClFN2O/c1-11-8-19(28)16-6-4-14(20-12(2)26-29-13(20)3)9-18(16)27(11)10-15-5-7-17(23)21(24)22(15)25;1-9-6-15(23)12-4-3-11(18)7-14(12)22(9)8-10-2-5-13(19)16(20)17(10)21/h4-9H,10,25H2,1-3H3;2-7H,8,21H2,1H3. The molecule has 0 fully saturated rings. The van der Waals surface area contributed by atoms with Crippen molar-refractivity contribution in [2.45, 2.75) is 40.8 Å². The van der Waals surface area contributed by atoms with E-state index in [4.69, 9.17) is 39.2 Å². The number of anilines is 2. The van der Waals surface area contributed by atoms with Crippen LogP contribution < -0.4 is 22.3 Å². The highest BCUT2D eigenvalue weighted by atomic mass is 79.9. The number of aromatic nitrogens is 3. The van der Waals surface area contributed by atoms with Gasteiger partial charge < -0.3 is 25.1 Å². The summed E-state index contributed by atoms with van der Waals surface area (Å²) in [7, 11) is 0. The number of hydrogen-bond acceptors (Lipinski definition) is 6. The Labute approximate surface area is 315 Å². The molecular weight excluding hydrogens is 775 g/mol. The molecule has 0 spiro atoms. The Morgan fingerprint density at radius 2 is 1.19 bits per heavy atom. The fourth-order valence-corrected chi connectivity index (χ4v) is 6.95. The number of fused-ring (bicyclic) bond motifs is 2. The van der Waals surface area contributed by atoms with Crippen molar-refractivity contribution in [3.8, 4) is 11.1 Å². The number of rotatable bonds is 5. The van der Waals surface area contributed by atoms with Crippen LogP contribution in [0.4, 0.5) is 20.2 Å². The summed E-state index contributed by atoms with van der Waals surface area (Å²) in [5.41, 5.74) is 18.5. The Bertz CT molecular complexity index is 2650. The van der Waals surface area contributed by atoms with Gasteiger partial charge in [0.2, 0.25) is 0 Å². The summed E-state index contributed by atoms with van der Waals surface area (Å²) in [6.45, 7) is 8.04. The molecule has 3 aromatic heterocycles. The van der Waals surface area contributed by atoms with E-state index in [1.165, 1.54) is 12.1 Å². The molecular formula is C39H32BrCl2F2N5O3. The van der Waals surface area contributed by atoms with E-state index in [9.17, 15) is 18.4 Å². The Morgan fingerprint density at radius 3 is 1.67 bits per heavy atom. The molecule has 0 radical (unpaired) electrons. The topological polar surface area (TPSA) is 122 Å². The lowest BCUT2D eigenvalue weighted by atomic mass is 10.0. The van der Waals surface area contributed by atoms with Crippen LogP contribution in [0.1, 0.15) is 34.0 Å². The molecule has 7 rings (SSSR count). The molecule has 0 saturated carbocycles. The van der Waals surface area contributed by atoms with Gasteiger partial charge in [-0.05, 0) is 86.8 Å². The van der Waals surface area contributed by atoms with Crippen molar-refractivity contribution in [2.75, 3.05) is 11.5 Å². The second-order valence-corrected chi connectivity index (χ2v) is 14.2. The summed E-state index contributed by atoms with van der Waals surface area (Å²) >= 11 is 15.0. The van der Waals surface area contributed by atoms with Crippen LogP contribution in [0, 0.1) is 39.3 Å². The van der Waals surface area contributed by atoms with Gasteiger partial charge in [0.1, 0.15) is 5.76 Å². The SMILES string of the molecule is Cc1cc(=O)c2ccc(Br)cc2n1Cc1ccc(Cl)c(F)c1N.Cc1noc(C)c1-c1ccc2c(=O)cc(C)n(Cc3ccc(Cl)c(F)c3N)c2c1. The van der Waals surface area contributed by atoms with Crippen LogP contribution >= 0.6 is 39.1 Å². The van der Waals surface area contributed by atoms with Gasteiger partial charge in [-0.2, -0.15) is 0 Å². The van der Waals surface area contributed by atoms with Crippen LogP contribution in [0.15, 0.2) is 91.4 Å². The van der Waals surface area contributed by atoms with Crippen LogP contribution in [0.2, 0.25) is 10.0 Å². The third kappa shape index (κ3) is 6.96. The minimum Gasteiger partial charge on any atom is -0.396 e. The maximum Gasteiger partial charge on any atom is 0.189 e. The smallest absolute Gasteiger partial charge is 0.189 e. The van der Waals surface area contributed by atoms with Crippen LogP contribution in [-0.2, 0) is 13.1 Å². The van der Waals surface area contributed by atoms with Gasteiger partial charge in [0.25, 0.3) is 0 Å². The molecule has 0 aliphatic heterocycles. The first-order valence-electron chi connectivity index (χ1n) is 16.0. The molecule has 13 heteroatoms. The zero-order chi connectivity index (χ0) is 37.6. The van der Waals surface area contributed by atoms with Gasteiger partial charge in [-0.15, -0.1) is 0 Å². The van der Waals surface area contributed by atoms with Gasteiger partial charge in [-0.25, -0.2) is 8.78 Å². The van der Waals surface area contributed by atoms with Crippen molar-refractivity contribution in [3.05, 3.63) is 153 Å². The Balaban J connectivity index is 0.000000183. The fraction of sp³-hybridized carbons (Fsp3) is 0.154. The first-order valence-corrected chi connectivity index (χ1v) is 17.5. The summed E-state index contributed by atoms with van der Waals surface area (Å²) in [4.78, 5) is 24.7. The third-order valence-electron chi connectivity index (χ3n) is 9.03. The maximum absolute atomic E-state index is 14.2. The molecule has 4 N–H and O–H groups in total. The largest absolute Gasteiger partial charge is 0.396 e. The summed E-state index contributed by atoms with van der Waals surface area (Å²) in [5, 5.41) is 5.16. The molecule has 3 heterocycles. The normalized spacial score (nSPS) is 11.2. The van der Waals surface area contributed by atoms with E-state index in [1.807, 2.05) is 61.1 Å². The van der Waals surface area contributed by atoms with Crippen LogP contribution in [0.25, 0.3) is 32.9 Å². The van der Waals surface area contributed by atoms with Crippen molar-refractivity contribution in [3.63, 3.8) is 0 Å². The number of nitrogens with zero attached hydrogens (tertiary/aromatic N) is 3. The Morgan fingerprint density at radius 1 is 0.712 bits per heavy atom. The average molecular weight is 808 g/mol. The van der Waals surface area contributed by atoms with E-state index < -0.39 is 11.6 Å². The highest BCUT2D eigenvalue weighted by Gasteiger charge is 2.17. The van der Waals surface area contributed by atoms with Gasteiger partial charge in [0, 0.05) is 57.4 Å². The number of aryl methyl sites for hydroxylation is 4. The number of nitrogen functional groups attached to an aromatic ring is 2. The van der Waals surface area contributed by atoms with Gasteiger partial charge >= 0.3 is 0 Å². The molecule has 4 aromatic carbocycles. The molecule has 0 saturated heterocycles. The molecule has 0 aliphatic carbocycles. The lowest BCUT2D eigenvalue weighted by molar-refractivity contribution is 0.393. The van der Waals surface area contributed by atoms with E-state index in [0.717, 1.165) is 43.7 Å². The monoisotopic (exact) mass is 805 g/mol. The molecule has 52 heavy (non-hydrogen) atoms. The number of hydrogen-bond donors (Lipinski definition) is 2. The van der Waals surface area contributed by atoms with Gasteiger partial charge in [-0.1, -0.05) is 62.5 Å².